The molecule has 0 bridgehead atoms. The number of phosphoric acid groups is 6. The number of aromatic nitrogens is 8. The van der Waals surface area contributed by atoms with E-state index < -0.39 is 186 Å². The number of carboxylic acid groups (broad SMARTS) is 2. The predicted octanol–water partition coefficient (Wildman–Crippen LogP) is -2.53. The maximum atomic E-state index is 12.7. The van der Waals surface area contributed by atoms with Crippen molar-refractivity contribution in [3.8, 4) is 0 Å². The minimum atomic E-state index is -5.59. The summed E-state index contributed by atoms with van der Waals surface area (Å²) in [6.07, 6.45) is -12.0. The first-order chi connectivity index (χ1) is 51.2. The number of aliphatic carboxylic acids is 2. The maximum Gasteiger partial charge on any atom is 0.481 e. The zero-order chi connectivity index (χ0) is 84.0. The number of carbonyl (C=O) groups is 8. The zero-order valence-electron chi connectivity index (χ0n) is 58.7. The van der Waals surface area contributed by atoms with Gasteiger partial charge in [0, 0.05) is 75.2 Å². The van der Waals surface area contributed by atoms with Crippen molar-refractivity contribution in [2.45, 2.75) is 122 Å². The van der Waals surface area contributed by atoms with E-state index in [1.54, 1.807) is 0 Å². The first-order valence-electron chi connectivity index (χ1n) is 31.3. The number of amides is 4. The Morgan fingerprint density at radius 2 is 0.928 bits per heavy atom. The second kappa shape index (κ2) is 42.4. The molecule has 52 nitrogen and oxygen atoms in total. The van der Waals surface area contributed by atoms with Gasteiger partial charge >= 0.3 is 52.9 Å². The number of aliphatic hydroxyl groups is 4. The van der Waals surface area contributed by atoms with Gasteiger partial charge in [0.15, 0.2) is 40.5 Å². The molecule has 2 fully saturated rings. The smallest absolute Gasteiger partial charge is 0.481 e. The van der Waals surface area contributed by atoms with Crippen LogP contribution in [-0.2, 0) is 111 Å². The molecule has 2 saturated heterocycles. The molecule has 0 radical (unpaired) electrons. The van der Waals surface area contributed by atoms with Gasteiger partial charge in [-0.25, -0.2) is 57.3 Å². The van der Waals surface area contributed by atoms with E-state index in [0.717, 1.165) is 71.0 Å². The number of aliphatic hydroxyl groups excluding tert-OH is 4. The molecule has 2 aliphatic heterocycles. The lowest BCUT2D eigenvalue weighted by molar-refractivity contribution is -0.137. The quantitative estimate of drug-likeness (QED) is 0.0124. The summed E-state index contributed by atoms with van der Waals surface area (Å²) in [5.41, 5.74) is 8.46. The van der Waals surface area contributed by atoms with Gasteiger partial charge in [-0.1, -0.05) is 57.3 Å². The third-order valence-corrected chi connectivity index (χ3v) is 21.9. The monoisotopic (exact) mass is 1750 g/mol. The molecule has 4 amide bonds. The molecule has 4 aromatic heterocycles. The second-order valence-electron chi connectivity index (χ2n) is 24.2. The van der Waals surface area contributed by atoms with Crippen molar-refractivity contribution < 1.29 is 181 Å². The van der Waals surface area contributed by atoms with Crippen molar-refractivity contribution in [3.63, 3.8) is 0 Å². The Labute approximate surface area is 634 Å². The van der Waals surface area contributed by atoms with Gasteiger partial charge in [0.2, 0.25) is 28.7 Å². The van der Waals surface area contributed by atoms with Crippen LogP contribution in [0, 0.1) is 10.8 Å². The number of hydrogen-bond donors (Lipinski definition) is 20. The molecule has 0 spiro atoms. The molecule has 0 aliphatic carbocycles. The van der Waals surface area contributed by atoms with Crippen LogP contribution in [0.4, 0.5) is 11.6 Å². The Morgan fingerprint density at radius 1 is 0.568 bits per heavy atom. The van der Waals surface area contributed by atoms with Crippen LogP contribution >= 0.6 is 70.5 Å². The number of imidazole rings is 2. The molecular weight excluding hydrogens is 1670 g/mol. The second-order valence-corrected chi connectivity index (χ2v) is 35.0. The van der Waals surface area contributed by atoms with Crippen molar-refractivity contribution >= 4 is 150 Å². The Kier molecular flexibility index (Phi) is 37.1. The van der Waals surface area contributed by atoms with Crippen molar-refractivity contribution in [3.05, 3.63) is 37.5 Å². The number of fused-ring (bicyclic) bond motifs is 2. The third-order valence-electron chi connectivity index (χ3n) is 14.1. The number of nitrogens with zero attached hydrogens (tertiary/aromatic N) is 8. The normalized spacial score (nSPS) is 21.6. The van der Waals surface area contributed by atoms with Gasteiger partial charge in [0.1, 0.15) is 72.5 Å². The first kappa shape index (κ1) is 97.2. The topological polar surface area (TPSA) is 802 Å². The fourth-order valence-corrected chi connectivity index (χ4v) is 15.7. The van der Waals surface area contributed by atoms with Crippen LogP contribution < -0.4 is 32.7 Å². The molecule has 60 heteroatoms. The average molecular weight is 1750 g/mol. The van der Waals surface area contributed by atoms with Crippen molar-refractivity contribution in [1.29, 1.82) is 0 Å². The summed E-state index contributed by atoms with van der Waals surface area (Å²) >= 11 is 1.87. The number of ether oxygens (including phenoxy) is 2. The summed E-state index contributed by atoms with van der Waals surface area (Å²) in [5.74, 6) is -4.42. The predicted molar refractivity (Wildman–Crippen MR) is 375 cm³/mol. The standard InChI is InChI=1S/C26H40N7O19P3S.C23H38N7O17P3S.C2H4O2/c1-26(2,21(39)24(40)29-7-6-15(34)28-8-9-56-17(37)5-3-4-16(35)36)11-49-55(46,47)52-54(44,45)48-10-14-20(51-53(41,42)43)19(38)25(50-14)33-13-32-18-22(27)30-12-31-23(18)33;1-12(31)51-7-6-25-14(32)4-5-26-21(35)18(34)23(2,3)9-44-50(41,42)47-49(39,40)43-8-13-17(46-48(36,37)38)16(33)22(45-13)30-11-29-15-19(24)27-10-28-20(15)30;1-2(3)4/h3,5,12-14,19-21,25,38-39H,4,6-11H2,1-2H3,(H,28,34)(H,29,40)(H,35,36)(H,44,45)(H,46,47)(H2,27,30,31)(H2,41,42,43);10-11,13,16-18,22,33-34H,4-9H2,1-3H3,(H,25,32)(H,26,35)(H,39,40)(H,41,42)(H2,24,27,28)(H2,36,37,38);1H3,(H,3,4)/t14-,19-,20-,21+,25-;13-,16-,17-,18+,22-;/m11./s1. The Bertz CT molecular complexity index is 4240. The van der Waals surface area contributed by atoms with Gasteiger partial charge in [0.05, 0.1) is 45.5 Å². The number of carbonyl (C=O) groups excluding carboxylic acids is 6. The molecule has 6 heterocycles. The number of carboxylic acids is 2. The van der Waals surface area contributed by atoms with Gasteiger partial charge < -0.3 is 112 Å². The number of anilines is 2. The molecule has 111 heavy (non-hydrogen) atoms. The van der Waals surface area contributed by atoms with Crippen molar-refractivity contribution in [1.82, 2.24) is 60.3 Å². The minimum absolute atomic E-state index is 0.0192. The fourth-order valence-electron chi connectivity index (χ4n) is 8.91. The van der Waals surface area contributed by atoms with Crippen LogP contribution in [0.5, 0.6) is 0 Å². The van der Waals surface area contributed by atoms with Crippen LogP contribution in [0.15, 0.2) is 37.5 Å². The maximum absolute atomic E-state index is 12.7. The van der Waals surface area contributed by atoms with Gasteiger partial charge in [-0.05, 0) is 6.08 Å². The molecule has 4 unspecified atom stereocenters. The number of nitrogens with two attached hydrogens (primary N) is 2. The van der Waals surface area contributed by atoms with E-state index in [1.807, 2.05) is 0 Å². The fraction of sp³-hybridized carbons (Fsp3) is 0.608. The number of nitrogen functional groups attached to an aromatic ring is 2. The highest BCUT2D eigenvalue weighted by Gasteiger charge is 2.53. The van der Waals surface area contributed by atoms with E-state index in [1.165, 1.54) is 40.7 Å². The number of hydrogen-bond acceptors (Lipinski definition) is 38. The molecule has 2 aliphatic rings. The lowest BCUT2D eigenvalue weighted by atomic mass is 9.87. The van der Waals surface area contributed by atoms with E-state index in [2.05, 4.69) is 68.8 Å². The largest absolute Gasteiger partial charge is 0.481 e. The Morgan fingerprint density at radius 3 is 1.28 bits per heavy atom. The lowest BCUT2D eigenvalue weighted by Crippen LogP contribution is -2.46. The summed E-state index contributed by atoms with van der Waals surface area (Å²) in [6, 6.07) is 0. The highest BCUT2D eigenvalue weighted by molar-refractivity contribution is 8.14. The van der Waals surface area contributed by atoms with Gasteiger partial charge in [-0.15, -0.1) is 0 Å². The number of nitrogens with one attached hydrogen (secondary N) is 4. The molecule has 0 aromatic carbocycles. The van der Waals surface area contributed by atoms with Crippen molar-refractivity contribution in [2.24, 2.45) is 10.8 Å². The first-order valence-corrected chi connectivity index (χ1v) is 42.3. The van der Waals surface area contributed by atoms with Crippen LogP contribution in [0.3, 0.4) is 0 Å². The zero-order valence-corrected chi connectivity index (χ0v) is 65.7. The third kappa shape index (κ3) is 33.3. The lowest BCUT2D eigenvalue weighted by Gasteiger charge is -2.30. The van der Waals surface area contributed by atoms with Crippen LogP contribution in [0.2, 0.25) is 0 Å². The highest BCUT2D eigenvalue weighted by atomic mass is 32.2. The van der Waals surface area contributed by atoms with Gasteiger partial charge in [0.25, 0.3) is 5.97 Å². The molecule has 626 valence electrons. The summed E-state index contributed by atoms with van der Waals surface area (Å²) in [7, 11) is -32.8. The summed E-state index contributed by atoms with van der Waals surface area (Å²) in [6.45, 7) is 3.20. The summed E-state index contributed by atoms with van der Waals surface area (Å²) in [5, 5.41) is 67.8. The van der Waals surface area contributed by atoms with E-state index in [-0.39, 0.29) is 90.3 Å². The van der Waals surface area contributed by atoms with E-state index in [4.69, 9.17) is 54.0 Å². The van der Waals surface area contributed by atoms with Crippen LogP contribution in [0.25, 0.3) is 22.3 Å². The van der Waals surface area contributed by atoms with Gasteiger partial charge in [-0.2, -0.15) is 8.62 Å². The Balaban J connectivity index is 0.000000448. The van der Waals surface area contributed by atoms with E-state index in [0.29, 0.717) is 5.75 Å². The van der Waals surface area contributed by atoms with Gasteiger partial charge in [-0.3, -0.25) is 74.6 Å². The molecule has 14 atom stereocenters. The Hall–Kier alpha value is -6.20. The highest BCUT2D eigenvalue weighted by Crippen LogP contribution is 2.63. The van der Waals surface area contributed by atoms with E-state index >= 15 is 0 Å². The summed E-state index contributed by atoms with van der Waals surface area (Å²) in [4.78, 5) is 192. The minimum Gasteiger partial charge on any atom is -0.481 e. The molecule has 6 rings (SSSR count). The molecule has 22 N–H and O–H groups in total. The number of phosphoric ester groups is 6. The SMILES string of the molecule is CC(=O)O.CC(=O)SCCNC(=O)CCNC(=O)[C@H](O)C(C)(C)COP(=O)(O)OP(=O)(O)OC[C@H]1O[C@@H](n2cnc3c(N)ncnc32)[C@H](O)[C@@H]1OP(=O)(O)O.CC(C)(COP(=O)(O)OP(=O)(O)OC[C@H]1O[C@@H](n2cnc3c(N)ncnc32)[C@H](O)[C@@H]1OP(=O)(O)O)[C@@H](O)C(=O)NCCC(=O)NCCSC(=O)C=CCC(=O)O. The van der Waals surface area contributed by atoms with Crippen LogP contribution in [-0.4, -0.2) is 268 Å². The molecule has 4 aromatic rings. The van der Waals surface area contributed by atoms with Crippen LogP contribution in [0.1, 0.15) is 73.3 Å². The molecular formula is C51H82N14O38P6S2. The molecule has 0 saturated carbocycles. The number of rotatable bonds is 41. The number of thioether (sulfide) groups is 2. The van der Waals surface area contributed by atoms with E-state index in [9.17, 15) is 121 Å². The summed E-state index contributed by atoms with van der Waals surface area (Å²) < 4.78 is 124. The average Bonchev–Trinajstić information content (AvgIpc) is 1.62. The van der Waals surface area contributed by atoms with Crippen molar-refractivity contribution in [2.75, 3.05) is 75.6 Å².